The van der Waals surface area contributed by atoms with Gasteiger partial charge in [-0.1, -0.05) is 45.2 Å². The highest BCUT2D eigenvalue weighted by Gasteiger charge is 2.22. The van der Waals surface area contributed by atoms with Gasteiger partial charge >= 0.3 is 0 Å². The molecule has 0 spiro atoms. The molecule has 138 valence electrons. The molecule has 0 atom stereocenters. The second-order valence-electron chi connectivity index (χ2n) is 6.20. The fourth-order valence-corrected chi connectivity index (χ4v) is 3.62. The van der Waals surface area contributed by atoms with Crippen LogP contribution in [-0.2, 0) is 11.9 Å². The number of aliphatic hydroxyl groups excluding tert-OH is 1. The topological polar surface area (TPSA) is 58.6 Å². The highest BCUT2D eigenvalue weighted by Crippen LogP contribution is 2.38. The summed E-state index contributed by atoms with van der Waals surface area (Å²) in [6, 6.07) is 8.69. The number of hydrogen-bond acceptors (Lipinski definition) is 3. The first-order valence-electron chi connectivity index (χ1n) is 8.28. The summed E-state index contributed by atoms with van der Waals surface area (Å²) in [4.78, 5) is 12.5. The van der Waals surface area contributed by atoms with Crippen LogP contribution in [0.25, 0.3) is 0 Å². The van der Waals surface area contributed by atoms with Gasteiger partial charge in [0, 0.05) is 16.9 Å². The molecule has 1 aliphatic rings. The molecule has 3 rings (SSSR count). The van der Waals surface area contributed by atoms with Gasteiger partial charge in [0.15, 0.2) is 5.75 Å². The van der Waals surface area contributed by atoms with E-state index in [9.17, 15) is 9.90 Å². The average Bonchev–Trinajstić information content (AvgIpc) is 2.60. The number of rotatable bonds is 6. The van der Waals surface area contributed by atoms with Crippen LogP contribution in [0, 0.1) is 0 Å². The molecule has 2 N–H and O–H groups in total. The molecule has 0 radical (unpaired) electrons. The molecule has 0 aliphatic heterocycles. The molecule has 1 saturated carbocycles. The molecule has 2 aromatic rings. The van der Waals surface area contributed by atoms with Gasteiger partial charge in [-0.15, -0.1) is 0 Å². The Labute approximate surface area is 170 Å². The summed E-state index contributed by atoms with van der Waals surface area (Å²) in [6.45, 7) is -0.227. The Morgan fingerprint density at radius 2 is 1.92 bits per heavy atom. The van der Waals surface area contributed by atoms with Crippen molar-refractivity contribution in [1.82, 2.24) is 5.32 Å². The number of alkyl halides is 1. The third kappa shape index (κ3) is 4.34. The highest BCUT2D eigenvalue weighted by molar-refractivity contribution is 9.08. The fourth-order valence-electron chi connectivity index (χ4n) is 2.69. The normalized spacial score (nSPS) is 14.0. The third-order valence-electron chi connectivity index (χ3n) is 4.37. The number of benzene rings is 2. The zero-order valence-electron chi connectivity index (χ0n) is 13.9. The summed E-state index contributed by atoms with van der Waals surface area (Å²) in [7, 11) is 0. The summed E-state index contributed by atoms with van der Waals surface area (Å²) in [5.74, 6) is 0.549. The van der Waals surface area contributed by atoms with Crippen LogP contribution in [-0.4, -0.2) is 17.1 Å². The van der Waals surface area contributed by atoms with Crippen LogP contribution < -0.4 is 10.1 Å². The first-order chi connectivity index (χ1) is 12.5. The third-order valence-corrected chi connectivity index (χ3v) is 5.58. The Morgan fingerprint density at radius 1 is 1.23 bits per heavy atom. The van der Waals surface area contributed by atoms with Crippen LogP contribution in [0.15, 0.2) is 30.3 Å². The Bertz CT molecular complexity index is 801. The molecule has 2 aromatic carbocycles. The van der Waals surface area contributed by atoms with Crippen LogP contribution in [0.4, 0.5) is 0 Å². The van der Waals surface area contributed by atoms with Crippen molar-refractivity contribution in [2.75, 3.05) is 0 Å². The second kappa shape index (κ2) is 8.61. The maximum Gasteiger partial charge on any atom is 0.252 e. The van der Waals surface area contributed by atoms with Crippen LogP contribution in [0.5, 0.6) is 11.5 Å². The second-order valence-corrected chi connectivity index (χ2v) is 7.58. The number of carbonyl (C=O) groups excluding carboxylic acids is 1. The average molecular weight is 459 g/mol. The van der Waals surface area contributed by atoms with E-state index >= 15 is 0 Å². The molecular weight excluding hydrogens is 441 g/mol. The zero-order valence-corrected chi connectivity index (χ0v) is 17.0. The number of hydrogen-bond donors (Lipinski definition) is 2. The van der Waals surface area contributed by atoms with E-state index in [2.05, 4.69) is 21.2 Å². The van der Waals surface area contributed by atoms with E-state index in [1.807, 2.05) is 0 Å². The van der Waals surface area contributed by atoms with Gasteiger partial charge in [0.25, 0.3) is 5.91 Å². The van der Waals surface area contributed by atoms with Crippen molar-refractivity contribution in [1.29, 1.82) is 0 Å². The van der Waals surface area contributed by atoms with Crippen LogP contribution in [0.3, 0.4) is 0 Å². The van der Waals surface area contributed by atoms with Crippen molar-refractivity contribution >= 4 is 45.0 Å². The molecule has 26 heavy (non-hydrogen) atoms. The van der Waals surface area contributed by atoms with Gasteiger partial charge < -0.3 is 15.2 Å². The van der Waals surface area contributed by atoms with E-state index in [1.54, 1.807) is 30.3 Å². The maximum absolute atomic E-state index is 12.5. The maximum atomic E-state index is 12.5. The summed E-state index contributed by atoms with van der Waals surface area (Å²) < 4.78 is 5.83. The zero-order chi connectivity index (χ0) is 18.7. The lowest BCUT2D eigenvalue weighted by atomic mass is 9.92. The van der Waals surface area contributed by atoms with E-state index in [0.717, 1.165) is 24.8 Å². The smallest absolute Gasteiger partial charge is 0.252 e. The minimum atomic E-state index is -0.227. The Morgan fingerprint density at radius 3 is 2.46 bits per heavy atom. The van der Waals surface area contributed by atoms with Crippen molar-refractivity contribution in [3.63, 3.8) is 0 Å². The molecule has 0 aromatic heterocycles. The van der Waals surface area contributed by atoms with Gasteiger partial charge in [-0.05, 0) is 54.7 Å². The predicted molar refractivity (Wildman–Crippen MR) is 107 cm³/mol. The van der Waals surface area contributed by atoms with Gasteiger partial charge in [-0.3, -0.25) is 4.79 Å². The number of aliphatic hydroxyl groups is 1. The van der Waals surface area contributed by atoms with Gasteiger partial charge in [0.05, 0.1) is 16.7 Å². The molecule has 7 heteroatoms. The number of halogens is 3. The Hall–Kier alpha value is -1.27. The monoisotopic (exact) mass is 457 g/mol. The Kier molecular flexibility index (Phi) is 6.46. The summed E-state index contributed by atoms with van der Waals surface area (Å²) in [5.41, 5.74) is 1.87. The molecule has 0 saturated heterocycles. The predicted octanol–water partition coefficient (Wildman–Crippen LogP) is 5.46. The molecule has 1 amide bonds. The molecule has 0 unspecified atom stereocenters. The lowest BCUT2D eigenvalue weighted by molar-refractivity contribution is 0.0913. The first-order valence-corrected chi connectivity index (χ1v) is 10.2. The van der Waals surface area contributed by atoms with Gasteiger partial charge in [0.1, 0.15) is 5.75 Å². The Balaban J connectivity index is 1.87. The van der Waals surface area contributed by atoms with E-state index in [4.69, 9.17) is 27.9 Å². The molecule has 0 heterocycles. The highest BCUT2D eigenvalue weighted by atomic mass is 79.9. The lowest BCUT2D eigenvalue weighted by Crippen LogP contribution is -2.39. The summed E-state index contributed by atoms with van der Waals surface area (Å²) in [6.07, 6.45) is 3.10. The van der Waals surface area contributed by atoms with Crippen molar-refractivity contribution in [3.8, 4) is 11.5 Å². The molecular formula is C19H18BrCl2NO3. The van der Waals surface area contributed by atoms with E-state index < -0.39 is 0 Å². The van der Waals surface area contributed by atoms with Crippen molar-refractivity contribution in [3.05, 3.63) is 57.1 Å². The summed E-state index contributed by atoms with van der Waals surface area (Å²) >= 11 is 15.9. The van der Waals surface area contributed by atoms with Crippen LogP contribution >= 0.6 is 39.1 Å². The molecule has 0 bridgehead atoms. The van der Waals surface area contributed by atoms with E-state index in [-0.39, 0.29) is 18.6 Å². The molecule has 1 aliphatic carbocycles. The SMILES string of the molecule is O=C(NC1CCC1)c1cc(Oc2c(Cl)cc(CBr)cc2Cl)ccc1CO. The molecule has 4 nitrogen and oxygen atoms in total. The van der Waals surface area contributed by atoms with E-state index in [1.165, 1.54) is 0 Å². The van der Waals surface area contributed by atoms with Gasteiger partial charge in [-0.2, -0.15) is 0 Å². The largest absolute Gasteiger partial charge is 0.454 e. The quantitative estimate of drug-likeness (QED) is 0.565. The minimum absolute atomic E-state index is 0.208. The number of amides is 1. The van der Waals surface area contributed by atoms with Crippen molar-refractivity contribution in [2.24, 2.45) is 0 Å². The standard InChI is InChI=1S/C19H18BrCl2NO3/c20-9-11-6-16(21)18(17(22)7-11)26-14-5-4-12(10-24)15(8-14)19(25)23-13-2-1-3-13/h4-8,13,24H,1-3,9-10H2,(H,23,25). The number of nitrogens with one attached hydrogen (secondary N) is 1. The molecule has 1 fully saturated rings. The number of carbonyl (C=O) groups is 1. The number of ether oxygens (including phenoxy) is 1. The van der Waals surface area contributed by atoms with Crippen molar-refractivity contribution < 1.29 is 14.6 Å². The lowest BCUT2D eigenvalue weighted by Gasteiger charge is -2.26. The van der Waals surface area contributed by atoms with Gasteiger partial charge in [-0.25, -0.2) is 0 Å². The van der Waals surface area contributed by atoms with Crippen molar-refractivity contribution in [2.45, 2.75) is 37.2 Å². The summed E-state index contributed by atoms with van der Waals surface area (Å²) in [5, 5.41) is 13.9. The van der Waals surface area contributed by atoms with E-state index in [0.29, 0.717) is 38.0 Å². The van der Waals surface area contributed by atoms with Crippen LogP contribution in [0.1, 0.15) is 40.7 Å². The van der Waals surface area contributed by atoms with Gasteiger partial charge in [0.2, 0.25) is 0 Å². The minimum Gasteiger partial charge on any atom is -0.454 e. The first kappa shape index (κ1) is 19.5. The van der Waals surface area contributed by atoms with Crippen LogP contribution in [0.2, 0.25) is 10.0 Å². The fraction of sp³-hybridized carbons (Fsp3) is 0.316.